The van der Waals surface area contributed by atoms with Crippen LogP contribution in [0.15, 0.2) is 42.5 Å². The summed E-state index contributed by atoms with van der Waals surface area (Å²) in [6, 6.07) is 12.4. The molecule has 0 bridgehead atoms. The van der Waals surface area contributed by atoms with Gasteiger partial charge in [0.05, 0.1) is 7.11 Å². The molecule has 126 valence electrons. The predicted octanol–water partition coefficient (Wildman–Crippen LogP) is 3.50. The van der Waals surface area contributed by atoms with Crippen LogP contribution in [0, 0.1) is 13.8 Å². The summed E-state index contributed by atoms with van der Waals surface area (Å²) in [5, 5.41) is 2.79. The maximum Gasteiger partial charge on any atom is 0.342 e. The largest absolute Gasteiger partial charge is 0.496 e. The van der Waals surface area contributed by atoms with Gasteiger partial charge >= 0.3 is 5.97 Å². The molecule has 0 spiro atoms. The van der Waals surface area contributed by atoms with Gasteiger partial charge < -0.3 is 14.8 Å². The SMILES string of the molecule is COc1ccccc1C(=O)O[C@@H](C)C(=O)Nc1cccc(C)c1C. The third-order valence-corrected chi connectivity index (χ3v) is 3.84. The first-order valence-electron chi connectivity index (χ1n) is 7.65. The number of para-hydroxylation sites is 1. The molecular formula is C19H21NO4. The lowest BCUT2D eigenvalue weighted by atomic mass is 10.1. The normalized spacial score (nSPS) is 11.5. The molecule has 24 heavy (non-hydrogen) atoms. The van der Waals surface area contributed by atoms with Gasteiger partial charge in [-0.1, -0.05) is 24.3 Å². The topological polar surface area (TPSA) is 64.6 Å². The summed E-state index contributed by atoms with van der Waals surface area (Å²) in [5.41, 5.74) is 3.05. The summed E-state index contributed by atoms with van der Waals surface area (Å²) in [5.74, 6) is -0.576. The Morgan fingerprint density at radius 1 is 1.04 bits per heavy atom. The van der Waals surface area contributed by atoms with E-state index < -0.39 is 12.1 Å². The van der Waals surface area contributed by atoms with Crippen molar-refractivity contribution in [3.05, 3.63) is 59.2 Å². The second-order valence-corrected chi connectivity index (χ2v) is 5.48. The Kier molecular flexibility index (Phi) is 5.58. The summed E-state index contributed by atoms with van der Waals surface area (Å²) in [4.78, 5) is 24.5. The first kappa shape index (κ1) is 17.5. The van der Waals surface area contributed by atoms with E-state index in [9.17, 15) is 9.59 Å². The minimum Gasteiger partial charge on any atom is -0.496 e. The lowest BCUT2D eigenvalue weighted by Crippen LogP contribution is -2.30. The van der Waals surface area contributed by atoms with Crippen LogP contribution < -0.4 is 10.1 Å². The van der Waals surface area contributed by atoms with Crippen molar-refractivity contribution in [3.8, 4) is 5.75 Å². The molecule has 1 amide bonds. The fourth-order valence-electron chi connectivity index (χ4n) is 2.21. The van der Waals surface area contributed by atoms with E-state index in [1.807, 2.05) is 32.0 Å². The molecule has 0 aromatic heterocycles. The van der Waals surface area contributed by atoms with Gasteiger partial charge in [0, 0.05) is 5.69 Å². The molecule has 1 N–H and O–H groups in total. The Labute approximate surface area is 141 Å². The van der Waals surface area contributed by atoms with Crippen LogP contribution in [0.5, 0.6) is 5.75 Å². The first-order valence-corrected chi connectivity index (χ1v) is 7.65. The average molecular weight is 327 g/mol. The Morgan fingerprint density at radius 3 is 2.46 bits per heavy atom. The molecule has 0 heterocycles. The van der Waals surface area contributed by atoms with E-state index in [1.54, 1.807) is 24.3 Å². The monoisotopic (exact) mass is 327 g/mol. The van der Waals surface area contributed by atoms with E-state index in [4.69, 9.17) is 9.47 Å². The number of amides is 1. The van der Waals surface area contributed by atoms with Crippen LogP contribution in [0.25, 0.3) is 0 Å². The zero-order valence-electron chi connectivity index (χ0n) is 14.3. The summed E-state index contributed by atoms with van der Waals surface area (Å²) >= 11 is 0. The molecule has 0 radical (unpaired) electrons. The van der Waals surface area contributed by atoms with Crippen molar-refractivity contribution in [1.82, 2.24) is 0 Å². The minimum atomic E-state index is -0.928. The van der Waals surface area contributed by atoms with Gasteiger partial charge in [-0.15, -0.1) is 0 Å². The summed E-state index contributed by atoms with van der Waals surface area (Å²) in [7, 11) is 1.47. The summed E-state index contributed by atoms with van der Waals surface area (Å²) < 4.78 is 10.4. The van der Waals surface area contributed by atoms with Crippen molar-refractivity contribution in [3.63, 3.8) is 0 Å². The van der Waals surface area contributed by atoms with Gasteiger partial charge in [-0.3, -0.25) is 4.79 Å². The maximum atomic E-state index is 12.3. The third-order valence-electron chi connectivity index (χ3n) is 3.84. The van der Waals surface area contributed by atoms with Crippen molar-refractivity contribution in [2.75, 3.05) is 12.4 Å². The summed E-state index contributed by atoms with van der Waals surface area (Å²) in [6.07, 6.45) is -0.928. The van der Waals surface area contributed by atoms with E-state index in [2.05, 4.69) is 5.32 Å². The van der Waals surface area contributed by atoms with Crippen molar-refractivity contribution < 1.29 is 19.1 Å². The number of benzene rings is 2. The van der Waals surface area contributed by atoms with Crippen molar-refractivity contribution in [2.24, 2.45) is 0 Å². The molecule has 0 fully saturated rings. The number of anilines is 1. The highest BCUT2D eigenvalue weighted by atomic mass is 16.5. The number of esters is 1. The minimum absolute atomic E-state index is 0.284. The Morgan fingerprint density at radius 2 is 1.75 bits per heavy atom. The number of carbonyl (C=O) groups excluding carboxylic acids is 2. The van der Waals surface area contributed by atoms with E-state index >= 15 is 0 Å². The standard InChI is InChI=1S/C19H21NO4/c1-12-8-7-10-16(13(12)2)20-18(21)14(3)24-19(22)15-9-5-6-11-17(15)23-4/h5-11,14H,1-4H3,(H,20,21)/t14-/m0/s1. The maximum absolute atomic E-state index is 12.3. The predicted molar refractivity (Wildman–Crippen MR) is 92.4 cm³/mol. The summed E-state index contributed by atoms with van der Waals surface area (Å²) in [6.45, 7) is 5.43. The third kappa shape index (κ3) is 3.93. The average Bonchev–Trinajstić information content (AvgIpc) is 2.58. The van der Waals surface area contributed by atoms with E-state index in [1.165, 1.54) is 14.0 Å². The van der Waals surface area contributed by atoms with E-state index in [-0.39, 0.29) is 11.5 Å². The van der Waals surface area contributed by atoms with Crippen LogP contribution in [-0.2, 0) is 9.53 Å². The Hall–Kier alpha value is -2.82. The zero-order chi connectivity index (χ0) is 17.7. The van der Waals surface area contributed by atoms with Crippen LogP contribution >= 0.6 is 0 Å². The van der Waals surface area contributed by atoms with Crippen molar-refractivity contribution >= 4 is 17.6 Å². The molecule has 0 aliphatic carbocycles. The number of rotatable bonds is 5. The second kappa shape index (κ2) is 7.64. The van der Waals surface area contributed by atoms with Gasteiger partial charge in [0.15, 0.2) is 6.10 Å². The molecular weight excluding hydrogens is 306 g/mol. The number of hydrogen-bond acceptors (Lipinski definition) is 4. The molecule has 0 aliphatic heterocycles. The van der Waals surface area contributed by atoms with Gasteiger partial charge in [0.1, 0.15) is 11.3 Å². The van der Waals surface area contributed by atoms with Crippen LogP contribution in [0.2, 0.25) is 0 Å². The molecule has 0 saturated carbocycles. The number of aryl methyl sites for hydroxylation is 1. The second-order valence-electron chi connectivity index (χ2n) is 5.48. The van der Waals surface area contributed by atoms with Gasteiger partial charge in [0.25, 0.3) is 5.91 Å². The lowest BCUT2D eigenvalue weighted by molar-refractivity contribution is -0.123. The molecule has 5 heteroatoms. The number of ether oxygens (including phenoxy) is 2. The van der Waals surface area contributed by atoms with Crippen LogP contribution in [0.4, 0.5) is 5.69 Å². The lowest BCUT2D eigenvalue weighted by Gasteiger charge is -2.16. The van der Waals surface area contributed by atoms with Gasteiger partial charge in [-0.05, 0) is 50.1 Å². The van der Waals surface area contributed by atoms with Crippen LogP contribution in [-0.4, -0.2) is 25.1 Å². The molecule has 0 unspecified atom stereocenters. The van der Waals surface area contributed by atoms with Crippen LogP contribution in [0.3, 0.4) is 0 Å². The quantitative estimate of drug-likeness (QED) is 0.854. The smallest absolute Gasteiger partial charge is 0.342 e. The molecule has 2 aromatic carbocycles. The number of hydrogen-bond donors (Lipinski definition) is 1. The molecule has 1 atom stereocenters. The fourth-order valence-corrected chi connectivity index (χ4v) is 2.21. The Bertz CT molecular complexity index is 755. The van der Waals surface area contributed by atoms with Crippen molar-refractivity contribution in [2.45, 2.75) is 26.9 Å². The van der Waals surface area contributed by atoms with Crippen molar-refractivity contribution in [1.29, 1.82) is 0 Å². The van der Waals surface area contributed by atoms with E-state index in [0.29, 0.717) is 11.4 Å². The number of methoxy groups -OCH3 is 1. The number of carbonyl (C=O) groups is 2. The van der Waals surface area contributed by atoms with Crippen LogP contribution in [0.1, 0.15) is 28.4 Å². The molecule has 0 saturated heterocycles. The van der Waals surface area contributed by atoms with Gasteiger partial charge in [-0.25, -0.2) is 4.79 Å². The van der Waals surface area contributed by atoms with Gasteiger partial charge in [-0.2, -0.15) is 0 Å². The highest BCUT2D eigenvalue weighted by Crippen LogP contribution is 2.20. The zero-order valence-corrected chi connectivity index (χ0v) is 14.3. The highest BCUT2D eigenvalue weighted by molar-refractivity contribution is 5.98. The molecule has 2 rings (SSSR count). The number of nitrogens with one attached hydrogen (secondary N) is 1. The molecule has 2 aromatic rings. The molecule has 5 nitrogen and oxygen atoms in total. The van der Waals surface area contributed by atoms with E-state index in [0.717, 1.165) is 11.1 Å². The first-order chi connectivity index (χ1) is 11.4. The van der Waals surface area contributed by atoms with Gasteiger partial charge in [0.2, 0.25) is 0 Å². The molecule has 0 aliphatic rings. The fraction of sp³-hybridized carbons (Fsp3) is 0.263. The highest BCUT2D eigenvalue weighted by Gasteiger charge is 2.21. The Balaban J connectivity index is 2.06.